The van der Waals surface area contributed by atoms with E-state index in [0.717, 1.165) is 17.9 Å². The van der Waals surface area contributed by atoms with Gasteiger partial charge in [-0.15, -0.1) is 0 Å². The lowest BCUT2D eigenvalue weighted by atomic mass is 9.85. The molecule has 0 aliphatic heterocycles. The second-order valence-corrected chi connectivity index (χ2v) is 5.80. The first-order valence-corrected chi connectivity index (χ1v) is 7.56. The Morgan fingerprint density at radius 3 is 2.67 bits per heavy atom. The van der Waals surface area contributed by atoms with E-state index in [1.807, 2.05) is 46.7 Å². The summed E-state index contributed by atoms with van der Waals surface area (Å²) in [7, 11) is 0. The van der Waals surface area contributed by atoms with Crippen LogP contribution in [0.4, 0.5) is 5.69 Å². The van der Waals surface area contributed by atoms with Gasteiger partial charge in [0, 0.05) is 24.1 Å². The van der Waals surface area contributed by atoms with E-state index >= 15 is 0 Å². The van der Waals surface area contributed by atoms with Crippen LogP contribution in [0.2, 0.25) is 0 Å². The summed E-state index contributed by atoms with van der Waals surface area (Å²) in [5.41, 5.74) is 2.01. The van der Waals surface area contributed by atoms with Crippen LogP contribution in [0.15, 0.2) is 42.9 Å². The summed E-state index contributed by atoms with van der Waals surface area (Å²) >= 11 is 0. The lowest BCUT2D eigenvalue weighted by molar-refractivity contribution is -0.119. The number of imidazole rings is 1. The van der Waals surface area contributed by atoms with Gasteiger partial charge >= 0.3 is 0 Å². The lowest BCUT2D eigenvalue weighted by Gasteiger charge is -2.32. The van der Waals surface area contributed by atoms with E-state index in [1.165, 1.54) is 19.3 Å². The minimum atomic E-state index is 0.134. The molecule has 1 aliphatic carbocycles. The predicted molar refractivity (Wildman–Crippen MR) is 83.1 cm³/mol. The third kappa shape index (κ3) is 3.15. The number of nitrogens with zero attached hydrogens (tertiary/aromatic N) is 3. The van der Waals surface area contributed by atoms with Crippen molar-refractivity contribution in [2.75, 3.05) is 11.4 Å². The fourth-order valence-electron chi connectivity index (χ4n) is 2.68. The summed E-state index contributed by atoms with van der Waals surface area (Å²) in [4.78, 5) is 18.7. The normalized spacial score (nSPS) is 14.7. The molecule has 1 saturated carbocycles. The van der Waals surface area contributed by atoms with Gasteiger partial charge in [0.15, 0.2) is 0 Å². The molecule has 1 fully saturated rings. The van der Waals surface area contributed by atoms with Gasteiger partial charge in [-0.3, -0.25) is 4.79 Å². The van der Waals surface area contributed by atoms with Gasteiger partial charge < -0.3 is 9.47 Å². The second-order valence-electron chi connectivity index (χ2n) is 5.80. The Bertz CT molecular complexity index is 602. The highest BCUT2D eigenvalue weighted by molar-refractivity contribution is 5.93. The van der Waals surface area contributed by atoms with Gasteiger partial charge in [0.25, 0.3) is 0 Å². The summed E-state index contributed by atoms with van der Waals surface area (Å²) in [5.74, 6) is 0.784. The molecular formula is C17H21N3O. The van der Waals surface area contributed by atoms with Gasteiger partial charge in [-0.05, 0) is 37.8 Å². The lowest BCUT2D eigenvalue weighted by Crippen LogP contribution is -2.39. The number of carbonyl (C=O) groups is 1. The summed E-state index contributed by atoms with van der Waals surface area (Å²) in [5, 5.41) is 0. The molecule has 0 saturated heterocycles. The zero-order valence-electron chi connectivity index (χ0n) is 12.4. The third-order valence-electron chi connectivity index (χ3n) is 4.26. The Balaban J connectivity index is 1.77. The Labute approximate surface area is 125 Å². The van der Waals surface area contributed by atoms with E-state index < -0.39 is 0 Å². The van der Waals surface area contributed by atoms with Crippen LogP contribution < -0.4 is 4.90 Å². The molecule has 1 amide bonds. The molecule has 2 aromatic rings. The molecule has 1 aromatic carbocycles. The van der Waals surface area contributed by atoms with E-state index in [4.69, 9.17) is 0 Å². The highest BCUT2D eigenvalue weighted by Gasteiger charge is 2.24. The van der Waals surface area contributed by atoms with Crippen molar-refractivity contribution in [3.63, 3.8) is 0 Å². The SMILES string of the molecule is Cc1cncn1CC(=O)N(CC1CCC1)c1ccccc1. The minimum Gasteiger partial charge on any atom is -0.325 e. The molecule has 110 valence electrons. The van der Waals surface area contributed by atoms with Crippen LogP contribution in [0, 0.1) is 12.8 Å². The molecule has 1 aliphatic rings. The van der Waals surface area contributed by atoms with Crippen LogP contribution in [-0.2, 0) is 11.3 Å². The maximum atomic E-state index is 12.7. The molecule has 1 aromatic heterocycles. The summed E-state index contributed by atoms with van der Waals surface area (Å²) in [6.45, 7) is 3.16. The number of aromatic nitrogens is 2. The fraction of sp³-hybridized carbons (Fsp3) is 0.412. The van der Waals surface area contributed by atoms with E-state index in [2.05, 4.69) is 4.98 Å². The zero-order valence-corrected chi connectivity index (χ0v) is 12.4. The van der Waals surface area contributed by atoms with Crippen LogP contribution in [0.25, 0.3) is 0 Å². The van der Waals surface area contributed by atoms with Crippen LogP contribution in [0.5, 0.6) is 0 Å². The van der Waals surface area contributed by atoms with Crippen molar-refractivity contribution in [1.82, 2.24) is 9.55 Å². The van der Waals surface area contributed by atoms with Crippen LogP contribution in [0.3, 0.4) is 0 Å². The molecule has 0 unspecified atom stereocenters. The average Bonchev–Trinajstić information content (AvgIpc) is 2.84. The van der Waals surface area contributed by atoms with Crippen molar-refractivity contribution in [2.45, 2.75) is 32.7 Å². The predicted octanol–water partition coefficient (Wildman–Crippen LogP) is 3.02. The van der Waals surface area contributed by atoms with Gasteiger partial charge in [-0.2, -0.15) is 0 Å². The molecular weight excluding hydrogens is 262 g/mol. The molecule has 0 spiro atoms. The number of aryl methyl sites for hydroxylation is 1. The third-order valence-corrected chi connectivity index (χ3v) is 4.26. The first-order valence-electron chi connectivity index (χ1n) is 7.56. The largest absolute Gasteiger partial charge is 0.325 e. The molecule has 1 heterocycles. The van der Waals surface area contributed by atoms with Crippen LogP contribution in [-0.4, -0.2) is 22.0 Å². The number of para-hydroxylation sites is 1. The zero-order chi connectivity index (χ0) is 14.7. The summed E-state index contributed by atoms with van der Waals surface area (Å²) in [6, 6.07) is 9.97. The van der Waals surface area contributed by atoms with E-state index in [9.17, 15) is 4.79 Å². The number of hydrogen-bond donors (Lipinski definition) is 0. The number of hydrogen-bond acceptors (Lipinski definition) is 2. The first kappa shape index (κ1) is 13.9. The van der Waals surface area contributed by atoms with Crippen LogP contribution in [0.1, 0.15) is 25.0 Å². The molecule has 0 radical (unpaired) electrons. The molecule has 21 heavy (non-hydrogen) atoms. The van der Waals surface area contributed by atoms with Gasteiger partial charge in [0.1, 0.15) is 6.54 Å². The minimum absolute atomic E-state index is 0.134. The highest BCUT2D eigenvalue weighted by Crippen LogP contribution is 2.29. The smallest absolute Gasteiger partial charge is 0.246 e. The van der Waals surface area contributed by atoms with E-state index in [-0.39, 0.29) is 5.91 Å². The number of carbonyl (C=O) groups excluding carboxylic acids is 1. The fourth-order valence-corrected chi connectivity index (χ4v) is 2.68. The Morgan fingerprint density at radius 2 is 2.10 bits per heavy atom. The van der Waals surface area contributed by atoms with Crippen molar-refractivity contribution in [2.24, 2.45) is 5.92 Å². The van der Waals surface area contributed by atoms with Crippen molar-refractivity contribution >= 4 is 11.6 Å². The highest BCUT2D eigenvalue weighted by atomic mass is 16.2. The molecule has 4 heteroatoms. The number of benzene rings is 1. The number of anilines is 1. The Morgan fingerprint density at radius 1 is 1.33 bits per heavy atom. The first-order chi connectivity index (χ1) is 10.2. The molecule has 0 atom stereocenters. The number of amides is 1. The maximum absolute atomic E-state index is 12.7. The topological polar surface area (TPSA) is 38.1 Å². The van der Waals surface area contributed by atoms with Crippen molar-refractivity contribution in [3.05, 3.63) is 48.5 Å². The van der Waals surface area contributed by atoms with Gasteiger partial charge in [-0.25, -0.2) is 4.98 Å². The number of rotatable bonds is 5. The molecule has 0 bridgehead atoms. The monoisotopic (exact) mass is 283 g/mol. The van der Waals surface area contributed by atoms with Gasteiger partial charge in [-0.1, -0.05) is 24.6 Å². The standard InChI is InChI=1S/C17H21N3O/c1-14-10-18-13-19(14)12-17(21)20(11-15-6-5-7-15)16-8-3-2-4-9-16/h2-4,8-10,13,15H,5-7,11-12H2,1H3. The van der Waals surface area contributed by atoms with Crippen molar-refractivity contribution in [1.29, 1.82) is 0 Å². The Kier molecular flexibility index (Phi) is 4.04. The van der Waals surface area contributed by atoms with E-state index in [0.29, 0.717) is 12.5 Å². The van der Waals surface area contributed by atoms with Gasteiger partial charge in [0.05, 0.1) is 6.33 Å². The average molecular weight is 283 g/mol. The summed E-state index contributed by atoms with van der Waals surface area (Å²) < 4.78 is 1.90. The van der Waals surface area contributed by atoms with Gasteiger partial charge in [0.2, 0.25) is 5.91 Å². The van der Waals surface area contributed by atoms with Crippen molar-refractivity contribution in [3.8, 4) is 0 Å². The quantitative estimate of drug-likeness (QED) is 0.846. The molecule has 3 rings (SSSR count). The van der Waals surface area contributed by atoms with Crippen molar-refractivity contribution < 1.29 is 4.79 Å². The molecule has 4 nitrogen and oxygen atoms in total. The Hall–Kier alpha value is -2.10. The van der Waals surface area contributed by atoms with E-state index in [1.54, 1.807) is 12.5 Å². The van der Waals surface area contributed by atoms with Crippen LogP contribution >= 0.6 is 0 Å². The molecule has 0 N–H and O–H groups in total. The summed E-state index contributed by atoms with van der Waals surface area (Å²) in [6.07, 6.45) is 7.27. The second kappa shape index (κ2) is 6.12. The maximum Gasteiger partial charge on any atom is 0.246 e.